The lowest BCUT2D eigenvalue weighted by Gasteiger charge is -2.18. The lowest BCUT2D eigenvalue weighted by atomic mass is 9.83. The van der Waals surface area contributed by atoms with Crippen LogP contribution in [0.1, 0.15) is 25.1 Å². The van der Waals surface area contributed by atoms with E-state index in [4.69, 9.17) is 4.98 Å². The third-order valence-corrected chi connectivity index (χ3v) is 9.04. The highest BCUT2D eigenvalue weighted by atomic mass is 15.2. The predicted octanol–water partition coefficient (Wildman–Crippen LogP) is 9.22. The van der Waals surface area contributed by atoms with Crippen LogP contribution in [0.25, 0.3) is 61.4 Å². The quantitative estimate of drug-likeness (QED) is 0.219. The minimum Gasteiger partial charge on any atom is -0.298 e. The summed E-state index contributed by atoms with van der Waals surface area (Å²) in [7, 11) is 0. The maximum Gasteiger partial charge on any atom is 0.145 e. The average molecular weight is 541 g/mol. The van der Waals surface area contributed by atoms with Gasteiger partial charge in [-0.25, -0.2) is 4.98 Å². The highest BCUT2D eigenvalue weighted by molar-refractivity contribution is 6.10. The molecule has 3 aromatic heterocycles. The van der Waals surface area contributed by atoms with Crippen LogP contribution in [0, 0.1) is 0 Å². The Morgan fingerprint density at radius 3 is 2.00 bits per heavy atom. The van der Waals surface area contributed by atoms with Crippen LogP contribution in [0.4, 0.5) is 0 Å². The summed E-state index contributed by atoms with van der Waals surface area (Å²) in [6.07, 6.45) is 0. The number of hydrogen-bond donors (Lipinski definition) is 0. The van der Waals surface area contributed by atoms with Gasteiger partial charge in [-0.2, -0.15) is 0 Å². The molecule has 0 atom stereocenters. The average Bonchev–Trinajstić information content (AvgIpc) is 3.75. The highest BCUT2D eigenvalue weighted by Gasteiger charge is 2.38. The van der Waals surface area contributed by atoms with Crippen molar-refractivity contribution in [1.82, 2.24) is 18.7 Å². The van der Waals surface area contributed by atoms with Gasteiger partial charge in [-0.1, -0.05) is 92.7 Å². The first kappa shape index (κ1) is 23.4. The zero-order valence-electron chi connectivity index (χ0n) is 23.5. The van der Waals surface area contributed by atoms with Crippen molar-refractivity contribution in [3.05, 3.63) is 145 Å². The largest absolute Gasteiger partial charge is 0.298 e. The maximum atomic E-state index is 5.04. The second-order valence-corrected chi connectivity index (χ2v) is 11.7. The number of aromatic nitrogens is 4. The van der Waals surface area contributed by atoms with Gasteiger partial charge in [-0.3, -0.25) is 13.7 Å². The van der Waals surface area contributed by atoms with Gasteiger partial charge in [0.2, 0.25) is 0 Å². The molecular formula is C38H28N4. The molecule has 1 aliphatic rings. The zero-order chi connectivity index (χ0) is 28.0. The van der Waals surface area contributed by atoms with Crippen molar-refractivity contribution in [3.63, 3.8) is 0 Å². The first-order valence-corrected chi connectivity index (χ1v) is 14.5. The Hall–Kier alpha value is -5.35. The van der Waals surface area contributed by atoms with E-state index in [1.165, 1.54) is 38.9 Å². The Morgan fingerprint density at radius 2 is 1.19 bits per heavy atom. The second kappa shape index (κ2) is 8.34. The summed E-state index contributed by atoms with van der Waals surface area (Å²) < 4.78 is 7.18. The van der Waals surface area contributed by atoms with Crippen LogP contribution in [-0.2, 0) is 5.41 Å². The van der Waals surface area contributed by atoms with E-state index in [9.17, 15) is 0 Å². The lowest BCUT2D eigenvalue weighted by Crippen LogP contribution is -2.15. The van der Waals surface area contributed by atoms with Gasteiger partial charge in [-0.15, -0.1) is 0 Å². The minimum absolute atomic E-state index is 0.0677. The Bertz CT molecular complexity index is 2310. The Balaban J connectivity index is 1.28. The van der Waals surface area contributed by atoms with Crippen molar-refractivity contribution in [2.24, 2.45) is 0 Å². The van der Waals surface area contributed by atoms with Gasteiger partial charge < -0.3 is 0 Å². The molecule has 0 fully saturated rings. The van der Waals surface area contributed by atoms with Crippen LogP contribution in [0.2, 0.25) is 0 Å². The van der Waals surface area contributed by atoms with Crippen molar-refractivity contribution in [2.75, 3.05) is 0 Å². The van der Waals surface area contributed by atoms with E-state index in [1.54, 1.807) is 0 Å². The molecule has 0 saturated carbocycles. The lowest BCUT2D eigenvalue weighted by molar-refractivity contribution is 0.644. The Labute approximate surface area is 243 Å². The summed E-state index contributed by atoms with van der Waals surface area (Å²) in [5, 5.41) is 2.57. The van der Waals surface area contributed by atoms with Crippen LogP contribution in [-0.4, -0.2) is 18.7 Å². The number of rotatable bonds is 3. The fourth-order valence-electron chi connectivity index (χ4n) is 7.05. The topological polar surface area (TPSA) is 27.7 Å². The second-order valence-electron chi connectivity index (χ2n) is 11.7. The summed E-state index contributed by atoms with van der Waals surface area (Å²) in [5.74, 6) is 0.946. The van der Waals surface area contributed by atoms with Gasteiger partial charge in [0.15, 0.2) is 0 Å². The van der Waals surface area contributed by atoms with Crippen molar-refractivity contribution in [2.45, 2.75) is 19.3 Å². The molecule has 4 nitrogen and oxygen atoms in total. The van der Waals surface area contributed by atoms with E-state index in [2.05, 4.69) is 155 Å². The van der Waals surface area contributed by atoms with Crippen molar-refractivity contribution < 1.29 is 0 Å². The van der Waals surface area contributed by atoms with Crippen LogP contribution in [0.3, 0.4) is 0 Å². The standard InChI is InChI=1S/C38H28N4/c1-38(2)30-15-7-10-18-33(30)42-35(38)24-29-28-14-6-9-17-32(28)41(37(29)42)27-22-20-26(21-23-27)40-34-19-11-8-16-31(34)39-36(40)25-12-4-3-5-13-25/h3-24H,1-2H3. The summed E-state index contributed by atoms with van der Waals surface area (Å²) in [4.78, 5) is 5.04. The smallest absolute Gasteiger partial charge is 0.145 e. The molecule has 4 heteroatoms. The van der Waals surface area contributed by atoms with Gasteiger partial charge in [0.1, 0.15) is 11.5 Å². The molecule has 0 aliphatic carbocycles. The Morgan fingerprint density at radius 1 is 0.548 bits per heavy atom. The molecule has 0 bridgehead atoms. The van der Waals surface area contributed by atoms with E-state index in [-0.39, 0.29) is 5.41 Å². The highest BCUT2D eigenvalue weighted by Crippen LogP contribution is 2.48. The number of imidazole rings is 1. The number of nitrogens with zero attached hydrogens (tertiary/aromatic N) is 4. The molecular weight excluding hydrogens is 512 g/mol. The Kier molecular flexibility index (Phi) is 4.64. The third kappa shape index (κ3) is 3.04. The van der Waals surface area contributed by atoms with Gasteiger partial charge in [0, 0.05) is 38.8 Å². The summed E-state index contributed by atoms with van der Waals surface area (Å²) >= 11 is 0. The first-order valence-electron chi connectivity index (χ1n) is 14.5. The third-order valence-electron chi connectivity index (χ3n) is 9.04. The molecule has 5 aromatic carbocycles. The maximum absolute atomic E-state index is 5.04. The molecule has 8 aromatic rings. The molecule has 0 spiro atoms. The van der Waals surface area contributed by atoms with Crippen molar-refractivity contribution in [3.8, 4) is 28.5 Å². The van der Waals surface area contributed by atoms with E-state index >= 15 is 0 Å². The minimum atomic E-state index is -0.0677. The molecule has 0 N–H and O–H groups in total. The monoisotopic (exact) mass is 540 g/mol. The predicted molar refractivity (Wildman–Crippen MR) is 172 cm³/mol. The normalized spacial score (nSPS) is 13.7. The van der Waals surface area contributed by atoms with Gasteiger partial charge in [0.05, 0.1) is 22.2 Å². The fraction of sp³-hybridized carbons (Fsp3) is 0.0789. The number of hydrogen-bond acceptors (Lipinski definition) is 1. The zero-order valence-corrected chi connectivity index (χ0v) is 23.5. The molecule has 4 heterocycles. The van der Waals surface area contributed by atoms with Gasteiger partial charge >= 0.3 is 0 Å². The van der Waals surface area contributed by atoms with E-state index < -0.39 is 0 Å². The van der Waals surface area contributed by atoms with E-state index in [1.807, 2.05) is 6.07 Å². The molecule has 200 valence electrons. The first-order chi connectivity index (χ1) is 20.6. The summed E-state index contributed by atoms with van der Waals surface area (Å²) in [6.45, 7) is 4.68. The SMILES string of the molecule is CC1(C)c2ccccc2-n2c1cc1c3ccccc3n(-c3ccc(-n4c(-c5ccccc5)nc5ccccc54)cc3)c12. The summed E-state index contributed by atoms with van der Waals surface area (Å²) in [5.41, 5.74) is 11.8. The van der Waals surface area contributed by atoms with Crippen molar-refractivity contribution in [1.29, 1.82) is 0 Å². The van der Waals surface area contributed by atoms with E-state index in [0.717, 1.165) is 33.8 Å². The molecule has 0 saturated heterocycles. The van der Waals surface area contributed by atoms with Crippen LogP contribution in [0.5, 0.6) is 0 Å². The molecule has 1 aliphatic heterocycles. The molecule has 0 amide bonds. The molecule has 0 unspecified atom stereocenters. The van der Waals surface area contributed by atoms with Gasteiger partial charge in [0.25, 0.3) is 0 Å². The molecule has 42 heavy (non-hydrogen) atoms. The summed E-state index contributed by atoms with van der Waals surface area (Å²) in [6, 6.07) is 47.8. The number of benzene rings is 5. The van der Waals surface area contributed by atoms with Crippen molar-refractivity contribution >= 4 is 33.0 Å². The fourth-order valence-corrected chi connectivity index (χ4v) is 7.05. The molecule has 0 radical (unpaired) electrons. The number of fused-ring (bicyclic) bond motifs is 8. The molecule has 9 rings (SSSR count). The van der Waals surface area contributed by atoms with Crippen LogP contribution >= 0.6 is 0 Å². The number of para-hydroxylation sites is 4. The van der Waals surface area contributed by atoms with Crippen LogP contribution in [0.15, 0.2) is 133 Å². The van der Waals surface area contributed by atoms with Gasteiger partial charge in [-0.05, 0) is 60.2 Å². The van der Waals surface area contributed by atoms with Crippen LogP contribution < -0.4 is 0 Å². The van der Waals surface area contributed by atoms with E-state index in [0.29, 0.717) is 0 Å².